The molecule has 0 N–H and O–H groups in total. The summed E-state index contributed by atoms with van der Waals surface area (Å²) in [6.07, 6.45) is 1.95. The summed E-state index contributed by atoms with van der Waals surface area (Å²) in [5.74, 6) is 0. The molecule has 0 aliphatic rings. The maximum Gasteiger partial charge on any atom is 0.0900 e. The molecule has 3 aromatic rings. The molecular weight excluding hydrogens is 294 g/mol. The van der Waals surface area contributed by atoms with Gasteiger partial charge >= 0.3 is 0 Å². The number of halogens is 1. The minimum Gasteiger partial charge on any atom is -1.00 e. The highest BCUT2D eigenvalue weighted by Gasteiger charge is 2.02. The van der Waals surface area contributed by atoms with Crippen LogP contribution in [0.2, 0.25) is 0 Å². The molecule has 86 valence electrons. The highest BCUT2D eigenvalue weighted by molar-refractivity contribution is 7.15. The lowest BCUT2D eigenvalue weighted by Gasteiger charge is -2.00. The third kappa shape index (κ3) is 2.40. The molecule has 3 rings (SSSR count). The van der Waals surface area contributed by atoms with E-state index in [0.29, 0.717) is 0 Å². The molecule has 0 saturated carbocycles. The molecule has 17 heavy (non-hydrogen) atoms. The van der Waals surface area contributed by atoms with Gasteiger partial charge in [0.1, 0.15) is 0 Å². The van der Waals surface area contributed by atoms with Gasteiger partial charge in [0.05, 0.1) is 9.88 Å². The lowest BCUT2D eigenvalue weighted by Crippen LogP contribution is -3.00. The lowest BCUT2D eigenvalue weighted by atomic mass is 10.1. The van der Waals surface area contributed by atoms with Gasteiger partial charge in [-0.2, -0.15) is 0 Å². The Hall–Kier alpha value is -1.19. The number of hydrogen-bond donors (Lipinski definition) is 0. The van der Waals surface area contributed by atoms with Gasteiger partial charge in [-0.15, -0.1) is 11.3 Å². The van der Waals surface area contributed by atoms with E-state index in [1.807, 2.05) is 13.1 Å². The van der Waals surface area contributed by atoms with E-state index in [0.717, 1.165) is 5.01 Å². The van der Waals surface area contributed by atoms with Crippen LogP contribution >= 0.6 is 11.3 Å². The largest absolute Gasteiger partial charge is 1.00 e. The molecule has 1 aromatic heterocycles. The fraction of sp³-hybridized carbons (Fsp3) is 0.0714. The molecule has 2 aromatic carbocycles. The fourth-order valence-corrected chi connectivity index (χ4v) is 2.61. The third-order valence-electron chi connectivity index (χ3n) is 2.66. The smallest absolute Gasteiger partial charge is 0.0900 e. The van der Waals surface area contributed by atoms with E-state index in [-0.39, 0.29) is 17.0 Å². The zero-order valence-electron chi connectivity index (χ0n) is 9.35. The Bertz CT molecular complexity index is 645. The van der Waals surface area contributed by atoms with Gasteiger partial charge in [-0.3, -0.25) is 0 Å². The van der Waals surface area contributed by atoms with E-state index in [1.165, 1.54) is 21.2 Å². The summed E-state index contributed by atoms with van der Waals surface area (Å²) in [7, 11) is 0. The summed E-state index contributed by atoms with van der Waals surface area (Å²) in [5, 5.41) is 3.68. The molecule has 0 atom stereocenters. The number of thiazole rings is 1. The zero-order valence-corrected chi connectivity index (χ0v) is 11.8. The number of aryl methyl sites for hydroxylation is 1. The molecule has 1 heterocycles. The summed E-state index contributed by atoms with van der Waals surface area (Å²) in [4.78, 5) is 5.53. The first-order chi connectivity index (χ1) is 7.83. The van der Waals surface area contributed by atoms with Crippen molar-refractivity contribution in [2.75, 3.05) is 0 Å². The van der Waals surface area contributed by atoms with Crippen molar-refractivity contribution in [1.82, 2.24) is 4.98 Å². The summed E-state index contributed by atoms with van der Waals surface area (Å²) in [5.41, 5.74) is 1.25. The van der Waals surface area contributed by atoms with Gasteiger partial charge in [0.15, 0.2) is 0 Å². The van der Waals surface area contributed by atoms with Crippen molar-refractivity contribution in [2.45, 2.75) is 6.92 Å². The number of nitrogens with zero attached hydrogens (tertiary/aromatic N) is 1. The van der Waals surface area contributed by atoms with Crippen LogP contribution in [0.3, 0.4) is 0 Å². The topological polar surface area (TPSA) is 12.9 Å². The SMILES string of the molecule is Cc1ncc(-c2ccc3ccccc3c2)s1.[Br-]. The Morgan fingerprint density at radius 2 is 1.76 bits per heavy atom. The number of benzene rings is 2. The molecule has 0 saturated heterocycles. The first-order valence-corrected chi connectivity index (χ1v) is 6.06. The molecule has 0 unspecified atom stereocenters. The monoisotopic (exact) mass is 304 g/mol. The first-order valence-electron chi connectivity index (χ1n) is 5.24. The molecule has 3 heteroatoms. The third-order valence-corrected chi connectivity index (χ3v) is 3.62. The van der Waals surface area contributed by atoms with Gasteiger partial charge < -0.3 is 17.0 Å². The second-order valence-corrected chi connectivity index (χ2v) is 5.04. The van der Waals surface area contributed by atoms with Crippen molar-refractivity contribution >= 4 is 22.1 Å². The van der Waals surface area contributed by atoms with Gasteiger partial charge in [-0.25, -0.2) is 4.98 Å². The van der Waals surface area contributed by atoms with E-state index in [1.54, 1.807) is 11.3 Å². The Morgan fingerprint density at radius 1 is 1.00 bits per heavy atom. The average molecular weight is 305 g/mol. The normalized spacial score (nSPS) is 10.2. The van der Waals surface area contributed by atoms with Crippen LogP contribution in [0.25, 0.3) is 21.2 Å². The molecule has 0 bridgehead atoms. The lowest BCUT2D eigenvalue weighted by molar-refractivity contribution is -0.00000313. The highest BCUT2D eigenvalue weighted by atomic mass is 79.9. The van der Waals surface area contributed by atoms with Gasteiger partial charge in [-0.1, -0.05) is 36.4 Å². The van der Waals surface area contributed by atoms with Gasteiger partial charge in [0, 0.05) is 6.20 Å². The predicted molar refractivity (Wildman–Crippen MR) is 69.8 cm³/mol. The zero-order chi connectivity index (χ0) is 11.0. The summed E-state index contributed by atoms with van der Waals surface area (Å²) in [6, 6.07) is 15.0. The molecule has 0 fully saturated rings. The van der Waals surface area contributed by atoms with Gasteiger partial charge in [0.2, 0.25) is 0 Å². The van der Waals surface area contributed by atoms with Crippen LogP contribution < -0.4 is 17.0 Å². The van der Waals surface area contributed by atoms with Crippen molar-refractivity contribution < 1.29 is 17.0 Å². The first kappa shape index (κ1) is 12.3. The maximum atomic E-state index is 4.29. The van der Waals surface area contributed by atoms with Crippen LogP contribution in [0.1, 0.15) is 5.01 Å². The average Bonchev–Trinajstić information content (AvgIpc) is 2.75. The molecule has 0 aliphatic heterocycles. The Morgan fingerprint density at radius 3 is 2.47 bits per heavy atom. The fourth-order valence-electron chi connectivity index (χ4n) is 1.84. The van der Waals surface area contributed by atoms with Crippen molar-refractivity contribution in [3.8, 4) is 10.4 Å². The molecule has 1 nitrogen and oxygen atoms in total. The summed E-state index contributed by atoms with van der Waals surface area (Å²) >= 11 is 1.74. The van der Waals surface area contributed by atoms with Crippen LogP contribution in [0.4, 0.5) is 0 Å². The Labute approximate surface area is 115 Å². The number of rotatable bonds is 1. The molecule has 0 spiro atoms. The molecule has 0 amide bonds. The van der Waals surface area contributed by atoms with E-state index in [9.17, 15) is 0 Å². The molecular formula is C14H11BrNS-. The highest BCUT2D eigenvalue weighted by Crippen LogP contribution is 2.28. The number of hydrogen-bond acceptors (Lipinski definition) is 2. The standard InChI is InChI=1S/C14H11NS.BrH/c1-10-15-9-14(16-10)13-7-6-11-4-2-3-5-12(11)8-13;/h2-9H,1H3;1H/p-1. The quantitative estimate of drug-likeness (QED) is 0.660. The summed E-state index contributed by atoms with van der Waals surface area (Å²) < 4.78 is 0. The van der Waals surface area contributed by atoms with Crippen LogP contribution in [-0.4, -0.2) is 4.98 Å². The second-order valence-electron chi connectivity index (χ2n) is 3.81. The minimum absolute atomic E-state index is 0. The molecule has 0 radical (unpaired) electrons. The predicted octanol–water partition coefficient (Wildman–Crippen LogP) is 1.28. The summed E-state index contributed by atoms with van der Waals surface area (Å²) in [6.45, 7) is 2.04. The second kappa shape index (κ2) is 4.98. The van der Waals surface area contributed by atoms with Gasteiger partial charge in [0.25, 0.3) is 0 Å². The van der Waals surface area contributed by atoms with E-state index < -0.39 is 0 Å². The Balaban J connectivity index is 0.00000108. The Kier molecular flexibility index (Phi) is 3.60. The maximum absolute atomic E-state index is 4.29. The van der Waals surface area contributed by atoms with Crippen molar-refractivity contribution in [3.63, 3.8) is 0 Å². The van der Waals surface area contributed by atoms with E-state index >= 15 is 0 Å². The molecule has 0 aliphatic carbocycles. The van der Waals surface area contributed by atoms with Gasteiger partial charge in [-0.05, 0) is 29.3 Å². The van der Waals surface area contributed by atoms with E-state index in [2.05, 4.69) is 47.4 Å². The van der Waals surface area contributed by atoms with Crippen molar-refractivity contribution in [3.05, 3.63) is 53.7 Å². The van der Waals surface area contributed by atoms with Crippen molar-refractivity contribution in [2.24, 2.45) is 0 Å². The number of fused-ring (bicyclic) bond motifs is 1. The van der Waals surface area contributed by atoms with Crippen LogP contribution in [0.15, 0.2) is 48.7 Å². The van der Waals surface area contributed by atoms with E-state index in [4.69, 9.17) is 0 Å². The number of aromatic nitrogens is 1. The van der Waals surface area contributed by atoms with Crippen LogP contribution in [0.5, 0.6) is 0 Å². The minimum atomic E-state index is 0. The van der Waals surface area contributed by atoms with Crippen LogP contribution in [0, 0.1) is 6.92 Å². The van der Waals surface area contributed by atoms with Crippen LogP contribution in [-0.2, 0) is 0 Å². The van der Waals surface area contributed by atoms with Crippen molar-refractivity contribution in [1.29, 1.82) is 0 Å².